The summed E-state index contributed by atoms with van der Waals surface area (Å²) in [6.45, 7) is 1.80. The van der Waals surface area contributed by atoms with Gasteiger partial charge < -0.3 is 20.3 Å². The highest BCUT2D eigenvalue weighted by Gasteiger charge is 2.26. The number of nitrogens with one attached hydrogen (secondary N) is 2. The van der Waals surface area contributed by atoms with Crippen LogP contribution < -0.4 is 20.9 Å². The number of anilines is 1. The molecule has 2 aromatic heterocycles. The third-order valence-corrected chi connectivity index (χ3v) is 7.30. The number of para-hydroxylation sites is 1. The van der Waals surface area contributed by atoms with E-state index in [2.05, 4.69) is 16.7 Å². The maximum atomic E-state index is 13.8. The Labute approximate surface area is 219 Å². The quantitative estimate of drug-likeness (QED) is 0.367. The number of fused-ring (bicyclic) bond motifs is 1. The second-order valence-electron chi connectivity index (χ2n) is 8.77. The summed E-state index contributed by atoms with van der Waals surface area (Å²) in [5.41, 5.74) is 2.88. The van der Waals surface area contributed by atoms with Crippen LogP contribution in [-0.4, -0.2) is 40.7 Å². The number of carbonyl (C=O) groups excluding carboxylic acids is 1. The monoisotopic (exact) mass is 515 g/mol. The number of benzene rings is 2. The van der Waals surface area contributed by atoms with E-state index in [1.54, 1.807) is 27.9 Å². The van der Waals surface area contributed by atoms with Crippen LogP contribution in [0.5, 0.6) is 5.75 Å². The Morgan fingerprint density at radius 1 is 1.08 bits per heavy atom. The molecule has 4 aromatic rings. The average molecular weight is 516 g/mol. The van der Waals surface area contributed by atoms with Gasteiger partial charge in [-0.2, -0.15) is 0 Å². The van der Waals surface area contributed by atoms with Gasteiger partial charge in [-0.3, -0.25) is 4.79 Å². The highest BCUT2D eigenvalue weighted by atomic mass is 32.1. The first kappa shape index (κ1) is 24.6. The molecule has 1 aliphatic heterocycles. The van der Waals surface area contributed by atoms with Crippen LogP contribution in [0.25, 0.3) is 5.69 Å². The van der Waals surface area contributed by atoms with E-state index in [0.717, 1.165) is 29.1 Å². The fraction of sp³-hybridized carbons (Fsp3) is 0.250. The molecular weight excluding hydrogens is 486 g/mol. The molecule has 0 fully saturated rings. The predicted molar refractivity (Wildman–Crippen MR) is 146 cm³/mol. The third-order valence-electron chi connectivity index (χ3n) is 6.37. The SMILES string of the molecule is COc1ccc(CNc2nc3c(c(=O)n2-c2ccccc2)CN(C(=O)NCCc2cccs2)CC3)cc1. The molecule has 2 N–H and O–H groups in total. The standard InChI is InChI=1S/C28H29N5O3S/c1-36-22-11-9-20(10-12-22)18-30-27-31-25-14-16-32(28(35)29-15-13-23-8-5-17-37-23)19-24(25)26(34)33(27)21-6-3-2-4-7-21/h2-12,17H,13-16,18-19H2,1H3,(H,29,35)(H,30,31). The number of nitrogens with zero attached hydrogens (tertiary/aromatic N) is 3. The number of hydrogen-bond acceptors (Lipinski definition) is 6. The van der Waals surface area contributed by atoms with Crippen LogP contribution in [0.3, 0.4) is 0 Å². The minimum atomic E-state index is -0.162. The topological polar surface area (TPSA) is 88.5 Å². The van der Waals surface area contributed by atoms with Crippen molar-refractivity contribution in [3.63, 3.8) is 0 Å². The lowest BCUT2D eigenvalue weighted by atomic mass is 10.1. The summed E-state index contributed by atoms with van der Waals surface area (Å²) < 4.78 is 6.84. The normalized spacial score (nSPS) is 12.6. The molecule has 0 bridgehead atoms. The lowest BCUT2D eigenvalue weighted by molar-refractivity contribution is 0.191. The lowest BCUT2D eigenvalue weighted by Gasteiger charge is -2.29. The molecule has 0 atom stereocenters. The van der Waals surface area contributed by atoms with Crippen molar-refractivity contribution < 1.29 is 9.53 Å². The van der Waals surface area contributed by atoms with Gasteiger partial charge in [0, 0.05) is 30.9 Å². The van der Waals surface area contributed by atoms with E-state index in [1.807, 2.05) is 66.0 Å². The predicted octanol–water partition coefficient (Wildman–Crippen LogP) is 4.23. The minimum Gasteiger partial charge on any atom is -0.497 e. The highest BCUT2D eigenvalue weighted by molar-refractivity contribution is 7.09. The van der Waals surface area contributed by atoms with Crippen molar-refractivity contribution >= 4 is 23.3 Å². The van der Waals surface area contributed by atoms with Gasteiger partial charge in [-0.25, -0.2) is 14.3 Å². The van der Waals surface area contributed by atoms with Crippen LogP contribution in [0.1, 0.15) is 21.7 Å². The van der Waals surface area contributed by atoms with Crippen molar-refractivity contribution in [3.8, 4) is 11.4 Å². The van der Waals surface area contributed by atoms with Crippen molar-refractivity contribution in [2.24, 2.45) is 0 Å². The van der Waals surface area contributed by atoms with Crippen LogP contribution in [0, 0.1) is 0 Å². The molecule has 0 saturated heterocycles. The summed E-state index contributed by atoms with van der Waals surface area (Å²) in [4.78, 5) is 34.4. The zero-order valence-electron chi connectivity index (χ0n) is 20.6. The van der Waals surface area contributed by atoms with Gasteiger partial charge in [-0.05, 0) is 47.7 Å². The second kappa shape index (κ2) is 11.3. The van der Waals surface area contributed by atoms with Gasteiger partial charge in [0.1, 0.15) is 5.75 Å². The van der Waals surface area contributed by atoms with Gasteiger partial charge in [0.25, 0.3) is 5.56 Å². The summed E-state index contributed by atoms with van der Waals surface area (Å²) in [6.07, 6.45) is 1.31. The molecule has 0 radical (unpaired) electrons. The van der Waals surface area contributed by atoms with E-state index in [4.69, 9.17) is 9.72 Å². The Balaban J connectivity index is 1.37. The number of amides is 2. The first-order chi connectivity index (χ1) is 18.1. The summed E-state index contributed by atoms with van der Waals surface area (Å²) in [5, 5.41) is 8.37. The number of thiophene rings is 1. The Morgan fingerprint density at radius 3 is 2.62 bits per heavy atom. The number of rotatable bonds is 8. The van der Waals surface area contributed by atoms with Crippen LogP contribution in [0.15, 0.2) is 76.9 Å². The molecule has 0 saturated carbocycles. The highest BCUT2D eigenvalue weighted by Crippen LogP contribution is 2.20. The van der Waals surface area contributed by atoms with Crippen molar-refractivity contribution in [1.82, 2.24) is 19.8 Å². The molecule has 37 heavy (non-hydrogen) atoms. The Morgan fingerprint density at radius 2 is 1.89 bits per heavy atom. The summed E-state index contributed by atoms with van der Waals surface area (Å²) in [5.74, 6) is 1.27. The van der Waals surface area contributed by atoms with Crippen molar-refractivity contribution in [3.05, 3.63) is 104 Å². The Bertz CT molecular complexity index is 1400. The van der Waals surface area contributed by atoms with Crippen molar-refractivity contribution in [1.29, 1.82) is 0 Å². The smallest absolute Gasteiger partial charge is 0.317 e. The molecule has 2 amide bonds. The zero-order chi connectivity index (χ0) is 25.6. The largest absolute Gasteiger partial charge is 0.497 e. The van der Waals surface area contributed by atoms with Crippen molar-refractivity contribution in [2.45, 2.75) is 25.9 Å². The lowest BCUT2D eigenvalue weighted by Crippen LogP contribution is -2.46. The van der Waals surface area contributed by atoms with Crippen LogP contribution in [0.4, 0.5) is 10.7 Å². The van der Waals surface area contributed by atoms with Gasteiger partial charge in [-0.15, -0.1) is 11.3 Å². The molecule has 9 heteroatoms. The van der Waals surface area contributed by atoms with Crippen LogP contribution >= 0.6 is 11.3 Å². The number of urea groups is 1. The molecule has 8 nitrogen and oxygen atoms in total. The fourth-order valence-corrected chi connectivity index (χ4v) is 5.08. The van der Waals surface area contributed by atoms with Gasteiger partial charge in [0.2, 0.25) is 5.95 Å². The molecule has 1 aliphatic rings. The third kappa shape index (κ3) is 5.67. The fourth-order valence-electron chi connectivity index (χ4n) is 4.37. The molecule has 0 spiro atoms. The van der Waals surface area contributed by atoms with Crippen LogP contribution in [-0.2, 0) is 25.9 Å². The van der Waals surface area contributed by atoms with E-state index in [0.29, 0.717) is 37.6 Å². The Kier molecular flexibility index (Phi) is 7.51. The molecule has 3 heterocycles. The van der Waals surface area contributed by atoms with Gasteiger partial charge in [0.15, 0.2) is 0 Å². The first-order valence-corrected chi connectivity index (χ1v) is 13.1. The van der Waals surface area contributed by atoms with E-state index in [1.165, 1.54) is 4.88 Å². The number of methoxy groups -OCH3 is 1. The number of aromatic nitrogens is 2. The summed E-state index contributed by atoms with van der Waals surface area (Å²) in [6, 6.07) is 21.1. The van der Waals surface area contributed by atoms with Gasteiger partial charge in [-0.1, -0.05) is 36.4 Å². The van der Waals surface area contributed by atoms with Gasteiger partial charge in [0.05, 0.1) is 30.6 Å². The molecule has 0 unspecified atom stereocenters. The van der Waals surface area contributed by atoms with Crippen molar-refractivity contribution in [2.75, 3.05) is 25.5 Å². The van der Waals surface area contributed by atoms with E-state index in [-0.39, 0.29) is 18.1 Å². The second-order valence-corrected chi connectivity index (χ2v) is 9.80. The molecule has 5 rings (SSSR count). The number of carbonyl (C=O) groups is 1. The zero-order valence-corrected chi connectivity index (χ0v) is 21.5. The molecular formula is C28H29N5O3S. The van der Waals surface area contributed by atoms with E-state index < -0.39 is 0 Å². The van der Waals surface area contributed by atoms with Crippen LogP contribution in [0.2, 0.25) is 0 Å². The summed E-state index contributed by atoms with van der Waals surface area (Å²) in [7, 11) is 1.64. The molecule has 190 valence electrons. The molecule has 0 aliphatic carbocycles. The maximum Gasteiger partial charge on any atom is 0.317 e. The first-order valence-electron chi connectivity index (χ1n) is 12.2. The molecule has 2 aromatic carbocycles. The van der Waals surface area contributed by atoms with E-state index >= 15 is 0 Å². The number of ether oxygens (including phenoxy) is 1. The number of hydrogen-bond donors (Lipinski definition) is 2. The summed E-state index contributed by atoms with van der Waals surface area (Å²) >= 11 is 1.68. The Hall–Kier alpha value is -4.11. The van der Waals surface area contributed by atoms with Gasteiger partial charge >= 0.3 is 6.03 Å². The van der Waals surface area contributed by atoms with E-state index in [9.17, 15) is 9.59 Å². The minimum absolute atomic E-state index is 0.158. The maximum absolute atomic E-state index is 13.8. The average Bonchev–Trinajstić information content (AvgIpc) is 3.46.